The minimum atomic E-state index is -0.743. The molecular formula is C14H14N6O2S. The topological polar surface area (TPSA) is 93.0 Å². The van der Waals surface area contributed by atoms with Crippen molar-refractivity contribution in [3.05, 3.63) is 36.2 Å². The summed E-state index contributed by atoms with van der Waals surface area (Å²) in [5.41, 5.74) is 0.0398. The van der Waals surface area contributed by atoms with E-state index in [0.29, 0.717) is 18.0 Å². The molecule has 3 heterocycles. The molecule has 1 atom stereocenters. The van der Waals surface area contributed by atoms with Crippen LogP contribution in [0.2, 0.25) is 0 Å². The smallest absolute Gasteiger partial charge is 0.322 e. The van der Waals surface area contributed by atoms with E-state index in [1.165, 1.54) is 9.58 Å². The number of benzene rings is 1. The summed E-state index contributed by atoms with van der Waals surface area (Å²) in [6.45, 7) is 0.0545. The summed E-state index contributed by atoms with van der Waals surface area (Å²) in [5, 5.41) is 14.4. The molecule has 118 valence electrons. The molecule has 0 aliphatic carbocycles. The van der Waals surface area contributed by atoms with E-state index in [1.54, 1.807) is 11.8 Å². The molecule has 1 N–H and O–H groups in total. The fraction of sp³-hybridized carbons (Fsp3) is 0.357. The zero-order valence-corrected chi connectivity index (χ0v) is 13.0. The first-order chi connectivity index (χ1) is 11.2. The van der Waals surface area contributed by atoms with Crippen LogP contribution in [0.15, 0.2) is 30.3 Å². The average Bonchev–Trinajstić information content (AvgIpc) is 3.26. The van der Waals surface area contributed by atoms with Crippen LogP contribution < -0.4 is 5.32 Å². The quantitative estimate of drug-likeness (QED) is 0.828. The minimum Gasteiger partial charge on any atom is -0.322 e. The molecule has 0 unspecified atom stereocenters. The number of aromatic nitrogens is 4. The lowest BCUT2D eigenvalue weighted by Gasteiger charge is -2.19. The highest BCUT2D eigenvalue weighted by Gasteiger charge is 2.53. The Bertz CT molecular complexity index is 756. The molecule has 9 heteroatoms. The number of hydrogen-bond acceptors (Lipinski definition) is 6. The number of carbonyl (C=O) groups is 2. The van der Waals surface area contributed by atoms with Crippen molar-refractivity contribution < 1.29 is 9.59 Å². The Hall–Kier alpha value is -2.42. The number of para-hydroxylation sites is 1. The van der Waals surface area contributed by atoms with Gasteiger partial charge in [0.1, 0.15) is 5.54 Å². The van der Waals surface area contributed by atoms with Gasteiger partial charge < -0.3 is 5.32 Å². The van der Waals surface area contributed by atoms with Crippen LogP contribution in [0.3, 0.4) is 0 Å². The number of nitrogens with one attached hydrogen (secondary N) is 1. The van der Waals surface area contributed by atoms with E-state index in [-0.39, 0.29) is 18.5 Å². The molecule has 2 aliphatic heterocycles. The molecule has 2 saturated heterocycles. The van der Waals surface area contributed by atoms with Crippen molar-refractivity contribution in [2.75, 3.05) is 11.5 Å². The van der Waals surface area contributed by atoms with Gasteiger partial charge in [0, 0.05) is 5.75 Å². The molecule has 23 heavy (non-hydrogen) atoms. The maximum Gasteiger partial charge on any atom is 0.325 e. The van der Waals surface area contributed by atoms with Crippen LogP contribution in [0, 0.1) is 0 Å². The number of hydrogen-bond donors (Lipinski definition) is 1. The highest BCUT2D eigenvalue weighted by atomic mass is 32.2. The molecular weight excluding hydrogens is 316 g/mol. The average molecular weight is 330 g/mol. The third-order valence-electron chi connectivity index (χ3n) is 4.10. The highest BCUT2D eigenvalue weighted by molar-refractivity contribution is 7.99. The van der Waals surface area contributed by atoms with Crippen LogP contribution in [-0.4, -0.2) is 54.1 Å². The fourth-order valence-corrected chi connectivity index (χ4v) is 4.19. The van der Waals surface area contributed by atoms with Gasteiger partial charge in [-0.2, -0.15) is 16.4 Å². The number of carbonyl (C=O) groups excluding carboxylic acids is 2. The van der Waals surface area contributed by atoms with Gasteiger partial charge >= 0.3 is 6.03 Å². The normalized spacial score (nSPS) is 23.7. The molecule has 2 aliphatic rings. The number of tetrazole rings is 1. The van der Waals surface area contributed by atoms with Crippen LogP contribution in [0.25, 0.3) is 5.69 Å². The van der Waals surface area contributed by atoms with Gasteiger partial charge in [0.2, 0.25) is 0 Å². The summed E-state index contributed by atoms with van der Waals surface area (Å²) in [6, 6.07) is 8.99. The van der Waals surface area contributed by atoms with E-state index in [1.807, 2.05) is 30.3 Å². The number of thioether (sulfide) groups is 1. The molecule has 8 nitrogen and oxygen atoms in total. The van der Waals surface area contributed by atoms with Gasteiger partial charge in [0.05, 0.1) is 12.2 Å². The maximum absolute atomic E-state index is 12.7. The third kappa shape index (κ3) is 2.27. The van der Waals surface area contributed by atoms with Gasteiger partial charge in [-0.3, -0.25) is 9.69 Å². The minimum absolute atomic E-state index is 0.0545. The predicted octanol–water partition coefficient (Wildman–Crippen LogP) is 0.590. The van der Waals surface area contributed by atoms with Crippen molar-refractivity contribution >= 4 is 23.7 Å². The van der Waals surface area contributed by atoms with Crippen LogP contribution in [0.4, 0.5) is 4.79 Å². The Labute approximate surface area is 136 Å². The molecule has 0 saturated carbocycles. The summed E-state index contributed by atoms with van der Waals surface area (Å²) in [5.74, 6) is 1.76. The third-order valence-corrected chi connectivity index (χ3v) is 5.29. The van der Waals surface area contributed by atoms with E-state index < -0.39 is 5.54 Å². The second kappa shape index (κ2) is 5.34. The molecule has 1 aromatic carbocycles. The lowest BCUT2D eigenvalue weighted by atomic mass is 9.99. The molecule has 3 amide bonds. The molecule has 4 rings (SSSR count). The SMILES string of the molecule is O=C1N[C@]2(CCSC2)C(=O)N1Cc1nnnn1-c1ccccc1. The summed E-state index contributed by atoms with van der Waals surface area (Å²) in [7, 11) is 0. The van der Waals surface area contributed by atoms with E-state index >= 15 is 0 Å². The van der Waals surface area contributed by atoms with E-state index in [0.717, 1.165) is 11.4 Å². The van der Waals surface area contributed by atoms with Gasteiger partial charge in [0.15, 0.2) is 5.82 Å². The van der Waals surface area contributed by atoms with E-state index in [4.69, 9.17) is 0 Å². The molecule has 1 aromatic heterocycles. The van der Waals surface area contributed by atoms with Crippen molar-refractivity contribution in [1.82, 2.24) is 30.4 Å². The number of rotatable bonds is 3. The van der Waals surface area contributed by atoms with Crippen molar-refractivity contribution in [2.45, 2.75) is 18.5 Å². The molecule has 2 aromatic rings. The van der Waals surface area contributed by atoms with Gasteiger partial charge in [-0.05, 0) is 34.7 Å². The first-order valence-corrected chi connectivity index (χ1v) is 8.40. The predicted molar refractivity (Wildman–Crippen MR) is 82.9 cm³/mol. The fourth-order valence-electron chi connectivity index (χ4n) is 2.87. The number of nitrogens with zero attached hydrogens (tertiary/aromatic N) is 5. The van der Waals surface area contributed by atoms with E-state index in [9.17, 15) is 9.59 Å². The van der Waals surface area contributed by atoms with Crippen LogP contribution >= 0.6 is 11.8 Å². The maximum atomic E-state index is 12.7. The second-order valence-corrected chi connectivity index (χ2v) is 6.65. The summed E-state index contributed by atoms with van der Waals surface area (Å²) in [6.07, 6.45) is 0.669. The largest absolute Gasteiger partial charge is 0.325 e. The highest BCUT2D eigenvalue weighted by Crippen LogP contribution is 2.33. The van der Waals surface area contributed by atoms with Gasteiger partial charge in [-0.1, -0.05) is 18.2 Å². The Morgan fingerprint density at radius 2 is 2.09 bits per heavy atom. The Kier molecular flexibility index (Phi) is 3.29. The lowest BCUT2D eigenvalue weighted by molar-refractivity contribution is -0.131. The first kappa shape index (κ1) is 14.2. The monoisotopic (exact) mass is 330 g/mol. The van der Waals surface area contributed by atoms with Crippen LogP contribution in [-0.2, 0) is 11.3 Å². The zero-order chi connectivity index (χ0) is 15.9. The Morgan fingerprint density at radius 3 is 2.83 bits per heavy atom. The van der Waals surface area contributed by atoms with Crippen LogP contribution in [0.5, 0.6) is 0 Å². The standard InChI is InChI=1S/C14H14N6O2S/c21-12-14(6-7-23-9-14)15-13(22)19(12)8-11-16-17-18-20(11)10-4-2-1-3-5-10/h1-5H,6-9H2,(H,15,22)/t14-/m0/s1. The van der Waals surface area contributed by atoms with E-state index in [2.05, 4.69) is 20.8 Å². The van der Waals surface area contributed by atoms with Gasteiger partial charge in [0.25, 0.3) is 5.91 Å². The van der Waals surface area contributed by atoms with Gasteiger partial charge in [-0.25, -0.2) is 4.79 Å². The Balaban J connectivity index is 1.61. The summed E-state index contributed by atoms with van der Waals surface area (Å²) in [4.78, 5) is 26.1. The van der Waals surface area contributed by atoms with Crippen molar-refractivity contribution in [3.63, 3.8) is 0 Å². The van der Waals surface area contributed by atoms with Gasteiger partial charge in [-0.15, -0.1) is 5.10 Å². The van der Waals surface area contributed by atoms with Crippen molar-refractivity contribution in [1.29, 1.82) is 0 Å². The Morgan fingerprint density at radius 1 is 1.26 bits per heavy atom. The molecule has 0 radical (unpaired) electrons. The molecule has 0 bridgehead atoms. The number of amides is 3. The summed E-state index contributed by atoms with van der Waals surface area (Å²) < 4.78 is 1.54. The van der Waals surface area contributed by atoms with Crippen molar-refractivity contribution in [3.8, 4) is 5.69 Å². The van der Waals surface area contributed by atoms with Crippen LogP contribution in [0.1, 0.15) is 12.2 Å². The lowest BCUT2D eigenvalue weighted by Crippen LogP contribution is -2.47. The number of urea groups is 1. The molecule has 1 spiro atoms. The molecule has 2 fully saturated rings. The first-order valence-electron chi connectivity index (χ1n) is 7.24. The zero-order valence-electron chi connectivity index (χ0n) is 12.2. The second-order valence-electron chi connectivity index (χ2n) is 5.55. The number of imide groups is 1. The van der Waals surface area contributed by atoms with Crippen molar-refractivity contribution in [2.24, 2.45) is 0 Å². The summed E-state index contributed by atoms with van der Waals surface area (Å²) >= 11 is 1.68.